The largest absolute Gasteiger partial charge is 0.542 e. The summed E-state index contributed by atoms with van der Waals surface area (Å²) < 4.78 is 5.15. The lowest BCUT2D eigenvalue weighted by molar-refractivity contribution is -0.257. The molecule has 1 amide bonds. The van der Waals surface area contributed by atoms with E-state index in [1.807, 2.05) is 24.3 Å². The van der Waals surface area contributed by atoms with E-state index >= 15 is 0 Å². The van der Waals surface area contributed by atoms with Crippen molar-refractivity contribution in [2.75, 3.05) is 10.7 Å². The number of anilines is 1. The first-order chi connectivity index (χ1) is 9.65. The van der Waals surface area contributed by atoms with Gasteiger partial charge in [-0.25, -0.2) is 0 Å². The Hall–Kier alpha value is -2.21. The van der Waals surface area contributed by atoms with Crippen molar-refractivity contribution in [3.8, 4) is 0 Å². The van der Waals surface area contributed by atoms with E-state index in [1.54, 1.807) is 11.0 Å². The number of hydrogen-bond acceptors (Lipinski definition) is 5. The van der Waals surface area contributed by atoms with Crippen molar-refractivity contribution >= 4 is 29.3 Å². The second-order valence-electron chi connectivity index (χ2n) is 4.29. The number of rotatable bonds is 3. The van der Waals surface area contributed by atoms with E-state index in [9.17, 15) is 14.7 Å². The summed E-state index contributed by atoms with van der Waals surface area (Å²) in [6.45, 7) is 0.212. The smallest absolute Gasteiger partial charge is 0.237 e. The third-order valence-electron chi connectivity index (χ3n) is 2.99. The Kier molecular flexibility index (Phi) is 3.23. The highest BCUT2D eigenvalue weighted by Crippen LogP contribution is 2.35. The maximum absolute atomic E-state index is 12.0. The molecule has 1 aliphatic rings. The zero-order valence-electron chi connectivity index (χ0n) is 10.4. The number of furan rings is 1. The third kappa shape index (κ3) is 2.30. The fourth-order valence-corrected chi connectivity index (χ4v) is 2.99. The first kappa shape index (κ1) is 12.8. The predicted octanol–water partition coefficient (Wildman–Crippen LogP) is 1.28. The SMILES string of the molecule is O=C([O-])c1ccc(CN2C(=O)CSc3ccccc32)o1. The molecule has 1 aliphatic heterocycles. The van der Waals surface area contributed by atoms with Crippen LogP contribution in [0.5, 0.6) is 0 Å². The Morgan fingerprint density at radius 3 is 2.85 bits per heavy atom. The van der Waals surface area contributed by atoms with Gasteiger partial charge in [-0.2, -0.15) is 0 Å². The van der Waals surface area contributed by atoms with E-state index in [4.69, 9.17) is 4.42 Å². The number of carbonyl (C=O) groups excluding carboxylic acids is 2. The van der Waals surface area contributed by atoms with Crippen LogP contribution in [-0.2, 0) is 11.3 Å². The standard InChI is InChI=1S/C14H11NO4S/c16-13-8-20-12-4-2-1-3-10(12)15(13)7-9-5-6-11(19-9)14(17)18/h1-6H,7-8H2,(H,17,18)/p-1. The molecule has 0 saturated carbocycles. The quantitative estimate of drug-likeness (QED) is 0.850. The maximum Gasteiger partial charge on any atom is 0.237 e. The first-order valence-corrected chi connectivity index (χ1v) is 6.96. The molecule has 2 heterocycles. The zero-order valence-corrected chi connectivity index (χ0v) is 11.2. The van der Waals surface area contributed by atoms with Gasteiger partial charge in [-0.05, 0) is 24.3 Å². The normalized spacial score (nSPS) is 14.2. The van der Waals surface area contributed by atoms with Gasteiger partial charge in [0.15, 0.2) is 0 Å². The number of amides is 1. The molecule has 2 aromatic rings. The van der Waals surface area contributed by atoms with Crippen LogP contribution in [0.1, 0.15) is 16.3 Å². The highest BCUT2D eigenvalue weighted by atomic mass is 32.2. The molecule has 0 saturated heterocycles. The van der Waals surface area contributed by atoms with Gasteiger partial charge in [0.05, 0.1) is 18.0 Å². The summed E-state index contributed by atoms with van der Waals surface area (Å²) in [6, 6.07) is 10.5. The van der Waals surface area contributed by atoms with Gasteiger partial charge in [0.1, 0.15) is 17.5 Å². The Bertz CT molecular complexity index is 679. The second-order valence-corrected chi connectivity index (χ2v) is 5.31. The molecule has 3 rings (SSSR count). The lowest BCUT2D eigenvalue weighted by Gasteiger charge is -2.28. The minimum atomic E-state index is -1.36. The highest BCUT2D eigenvalue weighted by Gasteiger charge is 2.25. The summed E-state index contributed by atoms with van der Waals surface area (Å²) >= 11 is 1.50. The fraction of sp³-hybridized carbons (Fsp3) is 0.143. The Morgan fingerprint density at radius 2 is 2.10 bits per heavy atom. The van der Waals surface area contributed by atoms with Crippen LogP contribution in [0.2, 0.25) is 0 Å². The lowest BCUT2D eigenvalue weighted by atomic mass is 10.2. The van der Waals surface area contributed by atoms with E-state index in [2.05, 4.69) is 0 Å². The molecule has 20 heavy (non-hydrogen) atoms. The number of aromatic carboxylic acids is 1. The molecule has 0 radical (unpaired) electrons. The Morgan fingerprint density at radius 1 is 1.30 bits per heavy atom. The summed E-state index contributed by atoms with van der Waals surface area (Å²) in [5.41, 5.74) is 0.820. The molecule has 0 fully saturated rings. The monoisotopic (exact) mass is 288 g/mol. The van der Waals surface area contributed by atoms with Crippen LogP contribution >= 0.6 is 11.8 Å². The number of carboxylic acids is 1. The number of para-hydroxylation sites is 1. The summed E-state index contributed by atoms with van der Waals surface area (Å²) in [4.78, 5) is 25.3. The molecule has 0 spiro atoms. The Balaban J connectivity index is 1.89. The molecule has 0 N–H and O–H groups in total. The predicted molar refractivity (Wildman–Crippen MR) is 71.4 cm³/mol. The molecule has 1 aromatic carbocycles. The number of nitrogens with zero attached hydrogens (tertiary/aromatic N) is 1. The second kappa shape index (κ2) is 5.05. The van der Waals surface area contributed by atoms with Crippen molar-refractivity contribution in [1.82, 2.24) is 0 Å². The van der Waals surface area contributed by atoms with Crippen molar-refractivity contribution in [2.45, 2.75) is 11.4 Å². The molecule has 0 atom stereocenters. The lowest BCUT2D eigenvalue weighted by Crippen LogP contribution is -2.34. The van der Waals surface area contributed by atoms with Crippen molar-refractivity contribution < 1.29 is 19.1 Å². The van der Waals surface area contributed by atoms with Crippen LogP contribution in [0, 0.1) is 0 Å². The van der Waals surface area contributed by atoms with Gasteiger partial charge in [-0.1, -0.05) is 12.1 Å². The highest BCUT2D eigenvalue weighted by molar-refractivity contribution is 8.00. The summed E-state index contributed by atoms with van der Waals surface area (Å²) in [6.07, 6.45) is 0. The number of hydrogen-bond donors (Lipinski definition) is 0. The Labute approximate surface area is 119 Å². The molecule has 0 unspecified atom stereocenters. The molecule has 5 nitrogen and oxygen atoms in total. The van der Waals surface area contributed by atoms with Crippen LogP contribution in [0.25, 0.3) is 0 Å². The molecule has 1 aromatic heterocycles. The number of carbonyl (C=O) groups is 2. The molecule has 6 heteroatoms. The van der Waals surface area contributed by atoms with E-state index in [0.29, 0.717) is 11.5 Å². The minimum Gasteiger partial charge on any atom is -0.542 e. The van der Waals surface area contributed by atoms with Gasteiger partial charge < -0.3 is 19.2 Å². The topological polar surface area (TPSA) is 73.6 Å². The van der Waals surface area contributed by atoms with Crippen LogP contribution in [0.15, 0.2) is 45.7 Å². The van der Waals surface area contributed by atoms with E-state index in [1.165, 1.54) is 17.8 Å². The summed E-state index contributed by atoms with van der Waals surface area (Å²) in [5, 5.41) is 10.7. The van der Waals surface area contributed by atoms with Crippen LogP contribution in [-0.4, -0.2) is 17.6 Å². The van der Waals surface area contributed by atoms with Crippen LogP contribution in [0.3, 0.4) is 0 Å². The van der Waals surface area contributed by atoms with Crippen molar-refractivity contribution in [3.05, 3.63) is 47.9 Å². The van der Waals surface area contributed by atoms with E-state index in [-0.39, 0.29) is 18.2 Å². The average Bonchev–Trinajstić information content (AvgIpc) is 2.91. The molecular formula is C14H10NO4S-. The number of carboxylic acid groups (broad SMARTS) is 1. The first-order valence-electron chi connectivity index (χ1n) is 5.97. The van der Waals surface area contributed by atoms with Gasteiger partial charge in [0.2, 0.25) is 5.91 Å². The van der Waals surface area contributed by atoms with Crippen LogP contribution in [0.4, 0.5) is 5.69 Å². The number of thioether (sulfide) groups is 1. The van der Waals surface area contributed by atoms with E-state index in [0.717, 1.165) is 10.6 Å². The van der Waals surface area contributed by atoms with Crippen LogP contribution < -0.4 is 10.0 Å². The minimum absolute atomic E-state index is 0.0277. The third-order valence-corrected chi connectivity index (χ3v) is 4.03. The average molecular weight is 288 g/mol. The summed E-state index contributed by atoms with van der Waals surface area (Å²) in [5.74, 6) is -0.839. The summed E-state index contributed by atoms with van der Waals surface area (Å²) in [7, 11) is 0. The fourth-order valence-electron chi connectivity index (χ4n) is 2.06. The van der Waals surface area contributed by atoms with Crippen molar-refractivity contribution in [3.63, 3.8) is 0 Å². The number of benzene rings is 1. The van der Waals surface area contributed by atoms with E-state index < -0.39 is 5.97 Å². The zero-order chi connectivity index (χ0) is 14.1. The molecular weight excluding hydrogens is 278 g/mol. The van der Waals surface area contributed by atoms with Crippen molar-refractivity contribution in [2.24, 2.45) is 0 Å². The molecule has 102 valence electrons. The van der Waals surface area contributed by atoms with Gasteiger partial charge >= 0.3 is 0 Å². The van der Waals surface area contributed by atoms with Crippen molar-refractivity contribution in [1.29, 1.82) is 0 Å². The van der Waals surface area contributed by atoms with Gasteiger partial charge in [-0.15, -0.1) is 11.8 Å². The molecule has 0 bridgehead atoms. The van der Waals surface area contributed by atoms with Gasteiger partial charge in [0, 0.05) is 4.90 Å². The number of fused-ring (bicyclic) bond motifs is 1. The maximum atomic E-state index is 12.0. The van der Waals surface area contributed by atoms with Gasteiger partial charge in [0.25, 0.3) is 0 Å². The van der Waals surface area contributed by atoms with Gasteiger partial charge in [-0.3, -0.25) is 4.79 Å². The molecule has 0 aliphatic carbocycles.